The largest absolute Gasteiger partial charge is 0.491 e. The molecule has 0 saturated heterocycles. The van der Waals surface area contributed by atoms with Crippen LogP contribution >= 0.6 is 11.8 Å². The van der Waals surface area contributed by atoms with E-state index in [1.807, 2.05) is 50.4 Å². The third-order valence-electron chi connectivity index (χ3n) is 6.74. The number of carbonyl (C=O) groups excluding carboxylic acids is 1. The zero-order chi connectivity index (χ0) is 26.1. The number of benzene rings is 2. The molecule has 0 aliphatic carbocycles. The maximum Gasteiger partial charge on any atom is 0.283 e. The fraction of sp³-hybridized carbons (Fsp3) is 0.310. The molecule has 1 amide bonds. The van der Waals surface area contributed by atoms with Crippen molar-refractivity contribution < 1.29 is 9.53 Å². The van der Waals surface area contributed by atoms with E-state index in [2.05, 4.69) is 46.7 Å². The van der Waals surface area contributed by atoms with Gasteiger partial charge in [0.25, 0.3) is 5.91 Å². The van der Waals surface area contributed by atoms with Gasteiger partial charge in [0.15, 0.2) is 5.84 Å². The number of amidine groups is 2. The predicted molar refractivity (Wildman–Crippen MR) is 152 cm³/mol. The van der Waals surface area contributed by atoms with Crippen LogP contribution in [-0.4, -0.2) is 38.1 Å². The second-order valence-corrected chi connectivity index (χ2v) is 10.6. The van der Waals surface area contributed by atoms with Gasteiger partial charge in [0.05, 0.1) is 12.1 Å². The summed E-state index contributed by atoms with van der Waals surface area (Å²) in [4.78, 5) is 17.1. The minimum absolute atomic E-state index is 0.0555. The van der Waals surface area contributed by atoms with Gasteiger partial charge in [0, 0.05) is 28.6 Å². The van der Waals surface area contributed by atoms with Crippen LogP contribution in [0.3, 0.4) is 0 Å². The van der Waals surface area contributed by atoms with Gasteiger partial charge >= 0.3 is 0 Å². The lowest BCUT2D eigenvalue weighted by atomic mass is 9.98. The summed E-state index contributed by atoms with van der Waals surface area (Å²) in [6.07, 6.45) is 4.83. The molecule has 2 aliphatic heterocycles. The van der Waals surface area contributed by atoms with Crippen LogP contribution in [0.25, 0.3) is 17.0 Å². The monoisotopic (exact) mass is 513 g/mol. The van der Waals surface area contributed by atoms with Crippen LogP contribution in [0.2, 0.25) is 0 Å². The number of nitrogens with zero attached hydrogens (tertiary/aromatic N) is 4. The van der Waals surface area contributed by atoms with Gasteiger partial charge in [-0.15, -0.1) is 0 Å². The van der Waals surface area contributed by atoms with Crippen LogP contribution in [-0.2, 0) is 11.3 Å². The van der Waals surface area contributed by atoms with E-state index in [0.717, 1.165) is 33.7 Å². The number of rotatable bonds is 8. The first kappa shape index (κ1) is 25.0. The van der Waals surface area contributed by atoms with E-state index >= 15 is 0 Å². The van der Waals surface area contributed by atoms with Crippen molar-refractivity contribution in [1.82, 2.24) is 9.58 Å². The van der Waals surface area contributed by atoms with Crippen molar-refractivity contribution in [3.05, 3.63) is 71.4 Å². The number of carbonyl (C=O) groups is 1. The van der Waals surface area contributed by atoms with Crippen LogP contribution in [0, 0.1) is 11.3 Å². The zero-order valence-corrected chi connectivity index (χ0v) is 22.4. The third-order valence-corrected chi connectivity index (χ3v) is 7.94. The van der Waals surface area contributed by atoms with Gasteiger partial charge in [-0.25, -0.2) is 0 Å². The fourth-order valence-electron chi connectivity index (χ4n) is 4.46. The third kappa shape index (κ3) is 4.85. The number of para-hydroxylation sites is 2. The molecular weight excluding hydrogens is 482 g/mol. The Hall–Kier alpha value is -3.65. The Balaban J connectivity index is 1.41. The number of ether oxygens (including phenoxy) is 1. The molecule has 7 nitrogen and oxygen atoms in total. The standard InChI is InChI=1S/C29H31N5O2S/c1-5-19(4)21-10-7-9-13-25(21)36-15-14-33-17-20(22-11-6-8-12-24(22)33)16-23-26(30)34-29(31-27(23)35)37-28(32-34)18(2)3/h6-13,16-19,30H,5,14-15H2,1-4H3/b23-16-,30-26?/t19-/m1/s1. The molecular formula is C29H31N5O2S. The summed E-state index contributed by atoms with van der Waals surface area (Å²) >= 11 is 1.36. The highest BCUT2D eigenvalue weighted by Crippen LogP contribution is 2.32. The van der Waals surface area contributed by atoms with Gasteiger partial charge in [-0.2, -0.15) is 15.1 Å². The fourth-order valence-corrected chi connectivity index (χ4v) is 5.36. The average Bonchev–Trinajstić information content (AvgIpc) is 3.48. The first-order valence-electron chi connectivity index (χ1n) is 12.7. The van der Waals surface area contributed by atoms with Crippen LogP contribution in [0.4, 0.5) is 0 Å². The normalized spacial score (nSPS) is 17.4. The summed E-state index contributed by atoms with van der Waals surface area (Å²) in [5, 5.41) is 17.0. The quantitative estimate of drug-likeness (QED) is 0.348. The number of nitrogens with one attached hydrogen (secondary N) is 1. The van der Waals surface area contributed by atoms with Crippen LogP contribution < -0.4 is 4.74 Å². The van der Waals surface area contributed by atoms with E-state index in [1.165, 1.54) is 22.3 Å². The van der Waals surface area contributed by atoms with Crippen molar-refractivity contribution in [3.63, 3.8) is 0 Å². The van der Waals surface area contributed by atoms with Crippen molar-refractivity contribution >= 4 is 50.7 Å². The molecule has 2 aromatic carbocycles. The highest BCUT2D eigenvalue weighted by molar-refractivity contribution is 8.27. The molecule has 1 N–H and O–H groups in total. The number of aromatic nitrogens is 1. The van der Waals surface area contributed by atoms with E-state index in [9.17, 15) is 4.79 Å². The van der Waals surface area contributed by atoms with Crippen LogP contribution in [0.15, 0.2) is 70.4 Å². The van der Waals surface area contributed by atoms with Crippen LogP contribution in [0.1, 0.15) is 51.2 Å². The molecule has 0 saturated carbocycles. The van der Waals surface area contributed by atoms with Gasteiger partial charge in [-0.1, -0.05) is 64.1 Å². The number of aliphatic imine (C=N–C) groups is 1. The van der Waals surface area contributed by atoms with Gasteiger partial charge in [0.2, 0.25) is 5.17 Å². The van der Waals surface area contributed by atoms with Gasteiger partial charge in [-0.3, -0.25) is 10.2 Å². The minimum Gasteiger partial charge on any atom is -0.491 e. The molecule has 5 rings (SSSR count). The van der Waals surface area contributed by atoms with Gasteiger partial charge < -0.3 is 9.30 Å². The van der Waals surface area contributed by atoms with E-state index in [-0.39, 0.29) is 17.3 Å². The summed E-state index contributed by atoms with van der Waals surface area (Å²) in [6, 6.07) is 16.3. The SMILES string of the molecule is CC[C@@H](C)c1ccccc1OCCn1cc(/C=C2/C(=N)N3N=C(C(C)C)SC3=NC2=O)c2ccccc21. The second-order valence-electron chi connectivity index (χ2n) is 9.60. The molecule has 3 heterocycles. The molecule has 1 aromatic heterocycles. The Kier molecular flexibility index (Phi) is 7.02. The summed E-state index contributed by atoms with van der Waals surface area (Å²) in [7, 11) is 0. The smallest absolute Gasteiger partial charge is 0.283 e. The lowest BCUT2D eigenvalue weighted by molar-refractivity contribution is -0.114. The Morgan fingerprint density at radius 2 is 1.86 bits per heavy atom. The van der Waals surface area contributed by atoms with Gasteiger partial charge in [0.1, 0.15) is 17.4 Å². The van der Waals surface area contributed by atoms with Crippen molar-refractivity contribution in [3.8, 4) is 5.75 Å². The number of fused-ring (bicyclic) bond motifs is 2. The van der Waals surface area contributed by atoms with Crippen molar-refractivity contribution in [2.45, 2.75) is 46.6 Å². The average molecular weight is 514 g/mol. The molecule has 0 radical (unpaired) electrons. The molecule has 0 fully saturated rings. The maximum atomic E-state index is 12.9. The minimum atomic E-state index is -0.411. The number of hydrazone groups is 1. The molecule has 190 valence electrons. The Morgan fingerprint density at radius 1 is 1.11 bits per heavy atom. The van der Waals surface area contributed by atoms with E-state index in [1.54, 1.807) is 6.08 Å². The first-order chi connectivity index (χ1) is 17.9. The van der Waals surface area contributed by atoms with Gasteiger partial charge in [-0.05, 0) is 47.9 Å². The Morgan fingerprint density at radius 3 is 2.65 bits per heavy atom. The number of hydrogen-bond donors (Lipinski definition) is 1. The van der Waals surface area contributed by atoms with Crippen LogP contribution in [0.5, 0.6) is 5.75 Å². The first-order valence-corrected chi connectivity index (χ1v) is 13.5. The summed E-state index contributed by atoms with van der Waals surface area (Å²) in [5.41, 5.74) is 3.37. The molecule has 3 aromatic rings. The summed E-state index contributed by atoms with van der Waals surface area (Å²) in [5.74, 6) is 1.20. The lowest BCUT2D eigenvalue weighted by Crippen LogP contribution is -2.35. The van der Waals surface area contributed by atoms with Crippen molar-refractivity contribution in [2.75, 3.05) is 6.61 Å². The predicted octanol–water partition coefficient (Wildman–Crippen LogP) is 6.51. The highest BCUT2D eigenvalue weighted by atomic mass is 32.2. The molecule has 37 heavy (non-hydrogen) atoms. The highest BCUT2D eigenvalue weighted by Gasteiger charge is 2.36. The molecule has 1 atom stereocenters. The molecule has 8 heteroatoms. The Bertz CT molecular complexity index is 1470. The van der Waals surface area contributed by atoms with E-state index < -0.39 is 5.91 Å². The van der Waals surface area contributed by atoms with Crippen molar-refractivity contribution in [2.24, 2.45) is 16.0 Å². The molecule has 0 spiro atoms. The topological polar surface area (TPSA) is 83.0 Å². The zero-order valence-electron chi connectivity index (χ0n) is 21.6. The second kappa shape index (κ2) is 10.4. The summed E-state index contributed by atoms with van der Waals surface area (Å²) in [6.45, 7) is 9.64. The lowest BCUT2D eigenvalue weighted by Gasteiger charge is -2.20. The Labute approximate surface area is 221 Å². The summed E-state index contributed by atoms with van der Waals surface area (Å²) < 4.78 is 8.36. The molecule has 0 bridgehead atoms. The number of amides is 1. The maximum absolute atomic E-state index is 12.9. The number of hydrogen-bond acceptors (Lipinski definition) is 5. The van der Waals surface area contributed by atoms with E-state index in [4.69, 9.17) is 10.1 Å². The molecule has 2 aliphatic rings. The number of thioether (sulfide) groups is 1. The van der Waals surface area contributed by atoms with Crippen molar-refractivity contribution in [1.29, 1.82) is 5.41 Å². The molecule has 0 unspecified atom stereocenters. The van der Waals surface area contributed by atoms with E-state index in [0.29, 0.717) is 24.2 Å².